The van der Waals surface area contributed by atoms with Crippen molar-refractivity contribution in [1.82, 2.24) is 0 Å². The smallest absolute Gasteiger partial charge is 0.404 e. The summed E-state index contributed by atoms with van der Waals surface area (Å²) < 4.78 is 39.8. The fourth-order valence-electron chi connectivity index (χ4n) is 1.19. The van der Waals surface area contributed by atoms with Gasteiger partial charge in [-0.1, -0.05) is 11.6 Å². The van der Waals surface area contributed by atoms with Gasteiger partial charge in [-0.05, 0) is 31.5 Å². The van der Waals surface area contributed by atoms with Crippen LogP contribution in [0.3, 0.4) is 0 Å². The lowest BCUT2D eigenvalue weighted by Gasteiger charge is -2.12. The lowest BCUT2D eigenvalue weighted by Crippen LogP contribution is -2.18. The van der Waals surface area contributed by atoms with Crippen molar-refractivity contribution in [3.8, 4) is 5.75 Å². The first-order valence-electron chi connectivity index (χ1n) is 4.27. The zero-order chi connectivity index (χ0) is 12.5. The molecule has 0 aromatic heterocycles. The Labute approximate surface area is 95.0 Å². The van der Waals surface area contributed by atoms with E-state index in [2.05, 4.69) is 4.74 Å². The third kappa shape index (κ3) is 3.13. The molecule has 0 heterocycles. The highest BCUT2D eigenvalue weighted by Gasteiger charge is 2.32. The molecule has 0 spiro atoms. The molecule has 0 aliphatic heterocycles. The van der Waals surface area contributed by atoms with E-state index in [1.165, 1.54) is 13.0 Å². The summed E-state index contributed by atoms with van der Waals surface area (Å²) in [5.41, 5.74) is 0.481. The van der Waals surface area contributed by atoms with Gasteiger partial charge in [-0.25, -0.2) is 0 Å². The number of ketones is 1. The molecule has 0 amide bonds. The molecule has 0 radical (unpaired) electrons. The van der Waals surface area contributed by atoms with Crippen LogP contribution in [0.15, 0.2) is 12.1 Å². The van der Waals surface area contributed by atoms with Crippen LogP contribution in [0.25, 0.3) is 0 Å². The molecule has 16 heavy (non-hydrogen) atoms. The molecule has 0 atom stereocenters. The van der Waals surface area contributed by atoms with E-state index < -0.39 is 17.9 Å². The van der Waals surface area contributed by atoms with Crippen LogP contribution in [-0.4, -0.2) is 12.1 Å². The Balaban J connectivity index is 3.25. The second-order valence-corrected chi connectivity index (χ2v) is 3.61. The average Bonchev–Trinajstić information content (AvgIpc) is 2.07. The van der Waals surface area contributed by atoms with Gasteiger partial charge in [0, 0.05) is 5.56 Å². The molecule has 1 aromatic carbocycles. The largest absolute Gasteiger partial charge is 0.573 e. The number of benzene rings is 1. The summed E-state index contributed by atoms with van der Waals surface area (Å²) >= 11 is 5.64. The lowest BCUT2D eigenvalue weighted by molar-refractivity contribution is -0.274. The van der Waals surface area contributed by atoms with E-state index in [9.17, 15) is 18.0 Å². The van der Waals surface area contributed by atoms with Gasteiger partial charge >= 0.3 is 6.36 Å². The maximum absolute atomic E-state index is 12.0. The molecule has 2 nitrogen and oxygen atoms in total. The predicted molar refractivity (Wildman–Crippen MR) is 52.9 cm³/mol. The minimum atomic E-state index is -4.83. The fraction of sp³-hybridized carbons (Fsp3) is 0.300. The highest BCUT2D eigenvalue weighted by molar-refractivity contribution is 6.35. The molecule has 0 bridgehead atoms. The number of Topliss-reactive ketones (excluding diaryl/α,β-unsaturated/α-hetero) is 1. The summed E-state index contributed by atoms with van der Waals surface area (Å²) in [5, 5.41) is -0.324. The van der Waals surface area contributed by atoms with E-state index in [0.29, 0.717) is 5.56 Å². The number of halogens is 4. The maximum Gasteiger partial charge on any atom is 0.573 e. The van der Waals surface area contributed by atoms with Crippen molar-refractivity contribution in [2.45, 2.75) is 20.2 Å². The summed E-state index contributed by atoms with van der Waals surface area (Å²) in [6.45, 7) is 2.77. The number of hydrogen-bond donors (Lipinski definition) is 0. The molecule has 1 aromatic rings. The van der Waals surface area contributed by atoms with Crippen LogP contribution in [0.2, 0.25) is 5.02 Å². The normalized spacial score (nSPS) is 11.4. The highest BCUT2D eigenvalue weighted by Crippen LogP contribution is 2.34. The average molecular weight is 253 g/mol. The van der Waals surface area contributed by atoms with Crippen LogP contribution >= 0.6 is 11.6 Å². The quantitative estimate of drug-likeness (QED) is 0.750. The number of carbonyl (C=O) groups is 1. The van der Waals surface area contributed by atoms with Crippen LogP contribution in [0.5, 0.6) is 5.75 Å². The first-order valence-corrected chi connectivity index (χ1v) is 4.65. The van der Waals surface area contributed by atoms with Crippen LogP contribution < -0.4 is 4.74 Å². The minimum Gasteiger partial charge on any atom is -0.404 e. The first-order chi connectivity index (χ1) is 7.20. The number of carbonyl (C=O) groups excluding carboxylic acids is 1. The van der Waals surface area contributed by atoms with Crippen LogP contribution in [0.4, 0.5) is 13.2 Å². The Bertz CT molecular complexity index is 427. The maximum atomic E-state index is 12.0. The van der Waals surface area contributed by atoms with Gasteiger partial charge < -0.3 is 4.74 Å². The minimum absolute atomic E-state index is 0.0147. The molecule has 0 saturated carbocycles. The molecule has 88 valence electrons. The summed E-state index contributed by atoms with van der Waals surface area (Å²) in [4.78, 5) is 11.1. The number of rotatable bonds is 2. The van der Waals surface area contributed by atoms with Gasteiger partial charge in [0.05, 0.1) is 5.02 Å². The van der Waals surface area contributed by atoms with E-state index >= 15 is 0 Å². The van der Waals surface area contributed by atoms with Gasteiger partial charge in [0.25, 0.3) is 0 Å². The van der Waals surface area contributed by atoms with Crippen molar-refractivity contribution < 1.29 is 22.7 Å². The Kier molecular flexibility index (Phi) is 3.48. The second-order valence-electron chi connectivity index (χ2n) is 3.23. The van der Waals surface area contributed by atoms with E-state index in [0.717, 1.165) is 6.07 Å². The fourth-order valence-corrected chi connectivity index (χ4v) is 1.47. The van der Waals surface area contributed by atoms with Crippen molar-refractivity contribution >= 4 is 17.4 Å². The Morgan fingerprint density at radius 2 is 1.94 bits per heavy atom. The summed E-state index contributed by atoms with van der Waals surface area (Å²) in [7, 11) is 0. The topological polar surface area (TPSA) is 26.3 Å². The van der Waals surface area contributed by atoms with Crippen molar-refractivity contribution in [2.24, 2.45) is 0 Å². The van der Waals surface area contributed by atoms with Crippen molar-refractivity contribution in [2.75, 3.05) is 0 Å². The monoisotopic (exact) mass is 252 g/mol. The molecule has 0 saturated heterocycles. The highest BCUT2D eigenvalue weighted by atomic mass is 35.5. The van der Waals surface area contributed by atoms with E-state index in [-0.39, 0.29) is 10.6 Å². The van der Waals surface area contributed by atoms with Crippen LogP contribution in [-0.2, 0) is 0 Å². The predicted octanol–water partition coefficient (Wildman–Crippen LogP) is 3.75. The van der Waals surface area contributed by atoms with Crippen molar-refractivity contribution in [3.63, 3.8) is 0 Å². The third-order valence-electron chi connectivity index (χ3n) is 1.79. The molecule has 0 unspecified atom stereocenters. The summed E-state index contributed by atoms with van der Waals surface area (Å²) in [6, 6.07) is 2.54. The summed E-state index contributed by atoms with van der Waals surface area (Å²) in [6.07, 6.45) is -4.83. The number of aryl methyl sites for hydroxylation is 1. The Morgan fingerprint density at radius 1 is 1.38 bits per heavy atom. The van der Waals surface area contributed by atoms with Gasteiger partial charge in [0.1, 0.15) is 5.75 Å². The zero-order valence-electron chi connectivity index (χ0n) is 8.48. The van der Waals surface area contributed by atoms with Gasteiger partial charge in [-0.15, -0.1) is 13.2 Å². The van der Waals surface area contributed by atoms with Gasteiger partial charge in [0.2, 0.25) is 0 Å². The molecule has 0 N–H and O–H groups in total. The molecule has 0 fully saturated rings. The van der Waals surface area contributed by atoms with Gasteiger partial charge in [0.15, 0.2) is 5.78 Å². The van der Waals surface area contributed by atoms with Gasteiger partial charge in [-0.3, -0.25) is 4.79 Å². The molecule has 1 rings (SSSR count). The van der Waals surface area contributed by atoms with Crippen molar-refractivity contribution in [3.05, 3.63) is 28.3 Å². The molecule has 6 heteroatoms. The van der Waals surface area contributed by atoms with Gasteiger partial charge in [-0.2, -0.15) is 0 Å². The van der Waals surface area contributed by atoms with Crippen LogP contribution in [0.1, 0.15) is 22.8 Å². The first kappa shape index (κ1) is 12.8. The Hall–Kier alpha value is -1.23. The van der Waals surface area contributed by atoms with E-state index in [1.807, 2.05) is 0 Å². The third-order valence-corrected chi connectivity index (χ3v) is 2.18. The molecular formula is C10H8ClF3O2. The van der Waals surface area contributed by atoms with Crippen LogP contribution in [0, 0.1) is 6.92 Å². The summed E-state index contributed by atoms with van der Waals surface area (Å²) in [5.74, 6) is -0.972. The SMILES string of the molecule is CC(=O)c1cc(C)cc(OC(F)(F)F)c1Cl. The molecule has 0 aliphatic rings. The lowest BCUT2D eigenvalue weighted by atomic mass is 10.1. The number of ether oxygens (including phenoxy) is 1. The Morgan fingerprint density at radius 3 is 2.38 bits per heavy atom. The van der Waals surface area contributed by atoms with E-state index in [4.69, 9.17) is 11.6 Å². The number of hydrogen-bond acceptors (Lipinski definition) is 2. The standard InChI is InChI=1S/C10H8ClF3O2/c1-5-3-7(6(2)15)9(11)8(4-5)16-10(12,13)14/h3-4H,1-2H3. The zero-order valence-corrected chi connectivity index (χ0v) is 9.24. The number of alkyl halides is 3. The molecule has 0 aliphatic carbocycles. The van der Waals surface area contributed by atoms with Crippen molar-refractivity contribution in [1.29, 1.82) is 0 Å². The second kappa shape index (κ2) is 4.33. The van der Waals surface area contributed by atoms with E-state index in [1.54, 1.807) is 6.92 Å². The molecular weight excluding hydrogens is 245 g/mol.